The van der Waals surface area contributed by atoms with Crippen LogP contribution in [0.4, 0.5) is 0 Å². The number of hydrogen-bond acceptors (Lipinski definition) is 4. The van der Waals surface area contributed by atoms with Crippen LogP contribution in [0, 0.1) is 0 Å². The summed E-state index contributed by atoms with van der Waals surface area (Å²) in [5, 5.41) is 1.19. The first-order valence-corrected chi connectivity index (χ1v) is 9.12. The zero-order valence-electron chi connectivity index (χ0n) is 12.6. The maximum Gasteiger partial charge on any atom is 0.233 e. The molecule has 122 valence electrons. The normalized spacial score (nSPS) is 19.0. The fourth-order valence-electron chi connectivity index (χ4n) is 2.16. The summed E-state index contributed by atoms with van der Waals surface area (Å²) in [6.07, 6.45) is 4.59. The highest BCUT2D eigenvalue weighted by Crippen LogP contribution is 2.11. The van der Waals surface area contributed by atoms with Gasteiger partial charge < -0.3 is 9.47 Å². The van der Waals surface area contributed by atoms with Crippen molar-refractivity contribution in [3.8, 4) is 0 Å². The van der Waals surface area contributed by atoms with E-state index >= 15 is 0 Å². The molecule has 1 saturated heterocycles. The highest BCUT2D eigenvalue weighted by molar-refractivity contribution is 7.92. The molecule has 1 aromatic carbocycles. The number of benzene rings is 1. The van der Waals surface area contributed by atoms with Crippen molar-refractivity contribution in [3.63, 3.8) is 0 Å². The van der Waals surface area contributed by atoms with Gasteiger partial charge in [0.1, 0.15) is 0 Å². The predicted molar refractivity (Wildman–Crippen MR) is 86.8 cm³/mol. The maximum atomic E-state index is 11.8. The predicted octanol–water partition coefficient (Wildman–Crippen LogP) is 2.16. The number of hydrogen-bond donors (Lipinski definition) is 1. The van der Waals surface area contributed by atoms with E-state index in [0.717, 1.165) is 25.0 Å². The Bertz CT molecular complexity index is 551. The van der Waals surface area contributed by atoms with Crippen LogP contribution in [0.2, 0.25) is 0 Å². The van der Waals surface area contributed by atoms with Gasteiger partial charge in [-0.15, -0.1) is 0 Å². The van der Waals surface area contributed by atoms with E-state index in [4.69, 9.17) is 9.47 Å². The Morgan fingerprint density at radius 3 is 2.86 bits per heavy atom. The van der Waals surface area contributed by atoms with Crippen molar-refractivity contribution in [2.24, 2.45) is 0 Å². The van der Waals surface area contributed by atoms with Crippen molar-refractivity contribution in [1.29, 1.82) is 0 Å². The Labute approximate surface area is 132 Å². The van der Waals surface area contributed by atoms with Crippen LogP contribution in [0.25, 0.3) is 6.08 Å². The highest BCUT2D eigenvalue weighted by atomic mass is 32.2. The molecule has 1 atom stereocenters. The lowest BCUT2D eigenvalue weighted by Gasteiger charge is -2.09. The fraction of sp³-hybridized carbons (Fsp3) is 0.500. The summed E-state index contributed by atoms with van der Waals surface area (Å²) in [7, 11) is -3.39. The van der Waals surface area contributed by atoms with Gasteiger partial charge in [0.25, 0.3) is 0 Å². The average Bonchev–Trinajstić information content (AvgIpc) is 3.03. The minimum absolute atomic E-state index is 0.213. The van der Waals surface area contributed by atoms with Gasteiger partial charge in [0.15, 0.2) is 0 Å². The number of sulfonamides is 1. The highest BCUT2D eigenvalue weighted by Gasteiger charge is 2.14. The lowest BCUT2D eigenvalue weighted by Crippen LogP contribution is -2.24. The van der Waals surface area contributed by atoms with Crippen LogP contribution in [-0.2, 0) is 19.5 Å². The van der Waals surface area contributed by atoms with Crippen LogP contribution in [-0.4, -0.2) is 40.9 Å². The Kier molecular flexibility index (Phi) is 7.05. The lowest BCUT2D eigenvalue weighted by molar-refractivity contribution is 0.0169. The first-order valence-electron chi connectivity index (χ1n) is 7.58. The average molecular weight is 325 g/mol. The summed E-state index contributed by atoms with van der Waals surface area (Å²) in [6.45, 7) is 2.32. The van der Waals surface area contributed by atoms with Gasteiger partial charge in [0.2, 0.25) is 10.0 Å². The van der Waals surface area contributed by atoms with Crippen LogP contribution in [0.5, 0.6) is 0 Å². The molecule has 0 aliphatic carbocycles. The van der Waals surface area contributed by atoms with E-state index in [2.05, 4.69) is 4.72 Å². The van der Waals surface area contributed by atoms with E-state index in [0.29, 0.717) is 26.2 Å². The van der Waals surface area contributed by atoms with E-state index in [1.54, 1.807) is 6.08 Å². The van der Waals surface area contributed by atoms with Crippen molar-refractivity contribution in [2.45, 2.75) is 25.4 Å². The Hall–Kier alpha value is -1.21. The maximum absolute atomic E-state index is 11.8. The van der Waals surface area contributed by atoms with Crippen molar-refractivity contribution in [1.82, 2.24) is 4.72 Å². The monoisotopic (exact) mass is 325 g/mol. The Balaban J connectivity index is 1.59. The largest absolute Gasteiger partial charge is 0.379 e. The summed E-state index contributed by atoms with van der Waals surface area (Å²) in [4.78, 5) is 0. The van der Waals surface area contributed by atoms with E-state index in [-0.39, 0.29) is 6.10 Å². The smallest absolute Gasteiger partial charge is 0.233 e. The molecule has 2 rings (SSSR count). The summed E-state index contributed by atoms with van der Waals surface area (Å²) in [5.41, 5.74) is 0.854. The second-order valence-electron chi connectivity index (χ2n) is 5.22. The number of nitrogens with one attached hydrogen (secondary N) is 1. The molecule has 0 saturated carbocycles. The zero-order chi connectivity index (χ0) is 15.7. The zero-order valence-corrected chi connectivity index (χ0v) is 13.4. The van der Waals surface area contributed by atoms with Crippen molar-refractivity contribution in [2.75, 3.05) is 26.4 Å². The molecule has 0 aromatic heterocycles. The SMILES string of the molecule is O=S(=O)(/C=C/c1ccccc1)NCCCOCC1CCCO1. The summed E-state index contributed by atoms with van der Waals surface area (Å²) >= 11 is 0. The molecule has 0 radical (unpaired) electrons. The van der Waals surface area contributed by atoms with Gasteiger partial charge in [0.05, 0.1) is 12.7 Å². The fourth-order valence-corrected chi connectivity index (χ4v) is 3.02. The minimum Gasteiger partial charge on any atom is -0.379 e. The first-order chi connectivity index (χ1) is 10.7. The van der Waals surface area contributed by atoms with Crippen molar-refractivity contribution >= 4 is 16.1 Å². The third-order valence-corrected chi connectivity index (χ3v) is 4.44. The van der Waals surface area contributed by atoms with E-state index in [9.17, 15) is 8.42 Å². The summed E-state index contributed by atoms with van der Waals surface area (Å²) in [5.74, 6) is 0. The van der Waals surface area contributed by atoms with Crippen LogP contribution < -0.4 is 4.72 Å². The van der Waals surface area contributed by atoms with Gasteiger partial charge in [-0.3, -0.25) is 0 Å². The molecular weight excluding hydrogens is 302 g/mol. The molecule has 1 aromatic rings. The molecule has 6 heteroatoms. The van der Waals surface area contributed by atoms with Gasteiger partial charge in [-0.2, -0.15) is 0 Å². The Morgan fingerprint density at radius 1 is 1.32 bits per heavy atom. The van der Waals surface area contributed by atoms with Crippen LogP contribution >= 0.6 is 0 Å². The van der Waals surface area contributed by atoms with Gasteiger partial charge in [-0.05, 0) is 30.9 Å². The molecule has 0 amide bonds. The molecule has 1 aliphatic rings. The molecule has 0 spiro atoms. The second-order valence-corrected chi connectivity index (χ2v) is 6.87. The molecule has 1 fully saturated rings. The molecule has 22 heavy (non-hydrogen) atoms. The van der Waals surface area contributed by atoms with Gasteiger partial charge in [-0.25, -0.2) is 13.1 Å². The molecule has 1 N–H and O–H groups in total. The van der Waals surface area contributed by atoms with E-state index < -0.39 is 10.0 Å². The molecule has 1 aliphatic heterocycles. The third-order valence-electron chi connectivity index (χ3n) is 3.34. The van der Waals surface area contributed by atoms with Crippen molar-refractivity contribution in [3.05, 3.63) is 41.3 Å². The Morgan fingerprint density at radius 2 is 2.14 bits per heavy atom. The van der Waals surface area contributed by atoms with E-state index in [1.165, 1.54) is 5.41 Å². The van der Waals surface area contributed by atoms with Crippen LogP contribution in [0.3, 0.4) is 0 Å². The van der Waals surface area contributed by atoms with E-state index in [1.807, 2.05) is 30.3 Å². The topological polar surface area (TPSA) is 64.6 Å². The molecule has 1 unspecified atom stereocenters. The van der Waals surface area contributed by atoms with Crippen LogP contribution in [0.1, 0.15) is 24.8 Å². The first kappa shape index (κ1) is 17.1. The molecular formula is C16H23NO4S. The number of ether oxygens (including phenoxy) is 2. The number of rotatable bonds is 9. The molecule has 1 heterocycles. The van der Waals surface area contributed by atoms with Gasteiger partial charge >= 0.3 is 0 Å². The van der Waals surface area contributed by atoms with Crippen molar-refractivity contribution < 1.29 is 17.9 Å². The molecule has 5 nitrogen and oxygen atoms in total. The minimum atomic E-state index is -3.39. The summed E-state index contributed by atoms with van der Waals surface area (Å²) in [6, 6.07) is 9.33. The quantitative estimate of drug-likeness (QED) is 0.707. The van der Waals surface area contributed by atoms with Gasteiger partial charge in [0, 0.05) is 25.2 Å². The second kappa shape index (κ2) is 9.05. The third kappa shape index (κ3) is 6.70. The standard InChI is InChI=1S/C16H23NO4S/c18-22(19,13-9-15-6-2-1-3-7-15)17-10-5-11-20-14-16-8-4-12-21-16/h1-3,6-7,9,13,16-17H,4-5,8,10-12,14H2/b13-9+. The van der Waals surface area contributed by atoms with Crippen LogP contribution in [0.15, 0.2) is 35.7 Å². The molecule has 0 bridgehead atoms. The lowest BCUT2D eigenvalue weighted by atomic mass is 10.2. The summed E-state index contributed by atoms with van der Waals surface area (Å²) < 4.78 is 37.0. The van der Waals surface area contributed by atoms with Gasteiger partial charge in [-0.1, -0.05) is 30.3 Å².